The van der Waals surface area contributed by atoms with Crippen molar-refractivity contribution < 1.29 is 9.84 Å². The number of aryl methyl sites for hydroxylation is 1. The molecule has 1 heterocycles. The number of aromatic nitrogens is 1. The summed E-state index contributed by atoms with van der Waals surface area (Å²) in [5, 5.41) is 10.2. The summed E-state index contributed by atoms with van der Waals surface area (Å²) < 4.78 is 7.11. The van der Waals surface area contributed by atoms with Crippen molar-refractivity contribution in [1.82, 2.24) is 4.57 Å². The molecule has 0 amide bonds. The Morgan fingerprint density at radius 1 is 1.36 bits per heavy atom. The second-order valence-corrected chi connectivity index (χ2v) is 3.28. The SMILES string of the molecule is COc1ccc2c(c1)cc(CO)n2C. The summed E-state index contributed by atoms with van der Waals surface area (Å²) in [6.45, 7) is 0.0630. The first kappa shape index (κ1) is 9.09. The highest BCUT2D eigenvalue weighted by molar-refractivity contribution is 5.82. The Hall–Kier alpha value is -1.48. The average Bonchev–Trinajstić information content (AvgIpc) is 2.55. The molecule has 0 atom stereocenters. The maximum Gasteiger partial charge on any atom is 0.119 e. The Balaban J connectivity index is 2.66. The summed E-state index contributed by atoms with van der Waals surface area (Å²) in [5.41, 5.74) is 2.02. The fourth-order valence-electron chi connectivity index (χ4n) is 1.66. The van der Waals surface area contributed by atoms with E-state index < -0.39 is 0 Å². The number of nitrogens with zero attached hydrogens (tertiary/aromatic N) is 1. The number of fused-ring (bicyclic) bond motifs is 1. The summed E-state index contributed by atoms with van der Waals surface area (Å²) in [5.74, 6) is 0.840. The minimum absolute atomic E-state index is 0.0630. The second-order valence-electron chi connectivity index (χ2n) is 3.28. The number of aliphatic hydroxyl groups is 1. The second kappa shape index (κ2) is 3.35. The van der Waals surface area contributed by atoms with E-state index in [1.165, 1.54) is 0 Å². The minimum Gasteiger partial charge on any atom is -0.497 e. The van der Waals surface area contributed by atoms with Gasteiger partial charge in [0.15, 0.2) is 0 Å². The molecule has 2 rings (SSSR count). The molecule has 3 heteroatoms. The number of hydrogen-bond acceptors (Lipinski definition) is 2. The Morgan fingerprint density at radius 2 is 2.14 bits per heavy atom. The molecule has 74 valence electrons. The molecule has 0 saturated carbocycles. The van der Waals surface area contributed by atoms with Crippen LogP contribution in [0.25, 0.3) is 10.9 Å². The van der Waals surface area contributed by atoms with Gasteiger partial charge in [-0.2, -0.15) is 0 Å². The molecule has 3 nitrogen and oxygen atoms in total. The molecule has 0 saturated heterocycles. The highest BCUT2D eigenvalue weighted by Gasteiger charge is 2.04. The third-order valence-electron chi connectivity index (χ3n) is 2.51. The third-order valence-corrected chi connectivity index (χ3v) is 2.51. The van der Waals surface area contributed by atoms with E-state index in [2.05, 4.69) is 0 Å². The van der Waals surface area contributed by atoms with Crippen LogP contribution in [0.3, 0.4) is 0 Å². The van der Waals surface area contributed by atoms with E-state index in [0.717, 1.165) is 22.3 Å². The van der Waals surface area contributed by atoms with E-state index in [1.807, 2.05) is 35.9 Å². The Morgan fingerprint density at radius 3 is 2.79 bits per heavy atom. The molecule has 0 unspecified atom stereocenters. The molecule has 0 aliphatic heterocycles. The van der Waals surface area contributed by atoms with Gasteiger partial charge in [-0.25, -0.2) is 0 Å². The Labute approximate surface area is 82.5 Å². The molecule has 1 aromatic carbocycles. The van der Waals surface area contributed by atoms with Crippen molar-refractivity contribution in [3.05, 3.63) is 30.0 Å². The van der Waals surface area contributed by atoms with Crippen molar-refractivity contribution in [3.63, 3.8) is 0 Å². The highest BCUT2D eigenvalue weighted by atomic mass is 16.5. The van der Waals surface area contributed by atoms with Crippen molar-refractivity contribution in [2.24, 2.45) is 7.05 Å². The maximum atomic E-state index is 9.09. The smallest absolute Gasteiger partial charge is 0.119 e. The molecule has 1 N–H and O–H groups in total. The molecular weight excluding hydrogens is 178 g/mol. The molecule has 0 bridgehead atoms. The monoisotopic (exact) mass is 191 g/mol. The predicted molar refractivity (Wildman–Crippen MR) is 55.4 cm³/mol. The van der Waals surface area contributed by atoms with Gasteiger partial charge < -0.3 is 14.4 Å². The van der Waals surface area contributed by atoms with Crippen LogP contribution in [0.4, 0.5) is 0 Å². The molecule has 0 fully saturated rings. The van der Waals surface area contributed by atoms with Gasteiger partial charge in [-0.15, -0.1) is 0 Å². The third kappa shape index (κ3) is 1.26. The van der Waals surface area contributed by atoms with Gasteiger partial charge in [0.25, 0.3) is 0 Å². The molecular formula is C11H13NO2. The zero-order valence-electron chi connectivity index (χ0n) is 8.32. The number of methoxy groups -OCH3 is 1. The van der Waals surface area contributed by atoms with E-state index in [9.17, 15) is 0 Å². The molecule has 0 aliphatic rings. The molecule has 0 radical (unpaired) electrons. The van der Waals surface area contributed by atoms with E-state index in [-0.39, 0.29) is 6.61 Å². The van der Waals surface area contributed by atoms with Gasteiger partial charge in [-0.05, 0) is 24.3 Å². The Kier molecular flexibility index (Phi) is 2.17. The van der Waals surface area contributed by atoms with Gasteiger partial charge in [0.2, 0.25) is 0 Å². The van der Waals surface area contributed by atoms with Gasteiger partial charge >= 0.3 is 0 Å². The van der Waals surface area contributed by atoms with Crippen LogP contribution < -0.4 is 4.74 Å². The van der Waals surface area contributed by atoms with Gasteiger partial charge in [-0.3, -0.25) is 0 Å². The summed E-state index contributed by atoms with van der Waals surface area (Å²) in [7, 11) is 3.59. The topological polar surface area (TPSA) is 34.4 Å². The minimum atomic E-state index is 0.0630. The Bertz CT molecular complexity index is 460. The lowest BCUT2D eigenvalue weighted by molar-refractivity contribution is 0.273. The molecule has 0 aliphatic carbocycles. The predicted octanol–water partition coefficient (Wildman–Crippen LogP) is 1.68. The van der Waals surface area contributed by atoms with Crippen LogP contribution in [0.15, 0.2) is 24.3 Å². The normalized spacial score (nSPS) is 10.8. The molecule has 2 aromatic rings. The number of hydrogen-bond donors (Lipinski definition) is 1. The summed E-state index contributed by atoms with van der Waals surface area (Å²) >= 11 is 0. The summed E-state index contributed by atoms with van der Waals surface area (Å²) in [6.07, 6.45) is 0. The fourth-order valence-corrected chi connectivity index (χ4v) is 1.66. The zero-order chi connectivity index (χ0) is 10.1. The van der Waals surface area contributed by atoms with Crippen LogP contribution >= 0.6 is 0 Å². The number of aliphatic hydroxyl groups excluding tert-OH is 1. The number of benzene rings is 1. The van der Waals surface area contributed by atoms with Crippen molar-refractivity contribution in [1.29, 1.82) is 0 Å². The van der Waals surface area contributed by atoms with Crippen molar-refractivity contribution in [3.8, 4) is 5.75 Å². The fraction of sp³-hybridized carbons (Fsp3) is 0.273. The number of rotatable bonds is 2. The van der Waals surface area contributed by atoms with Crippen molar-refractivity contribution in [2.75, 3.05) is 7.11 Å². The lowest BCUT2D eigenvalue weighted by atomic mass is 10.2. The van der Waals surface area contributed by atoms with Gasteiger partial charge in [0.05, 0.1) is 13.7 Å². The molecule has 14 heavy (non-hydrogen) atoms. The number of ether oxygens (including phenoxy) is 1. The van der Waals surface area contributed by atoms with Crippen LogP contribution in [-0.2, 0) is 13.7 Å². The van der Waals surface area contributed by atoms with Crippen molar-refractivity contribution in [2.45, 2.75) is 6.61 Å². The van der Waals surface area contributed by atoms with Crippen molar-refractivity contribution >= 4 is 10.9 Å². The van der Waals surface area contributed by atoms with Crippen LogP contribution in [0.1, 0.15) is 5.69 Å². The van der Waals surface area contributed by atoms with E-state index in [4.69, 9.17) is 9.84 Å². The quantitative estimate of drug-likeness (QED) is 0.783. The van der Waals surface area contributed by atoms with E-state index in [1.54, 1.807) is 7.11 Å². The van der Waals surface area contributed by atoms with Crippen LogP contribution in [0, 0.1) is 0 Å². The lowest BCUT2D eigenvalue weighted by Gasteiger charge is -2.01. The summed E-state index contributed by atoms with van der Waals surface area (Å²) in [4.78, 5) is 0. The van der Waals surface area contributed by atoms with E-state index in [0.29, 0.717) is 0 Å². The zero-order valence-corrected chi connectivity index (χ0v) is 8.32. The first-order chi connectivity index (χ1) is 6.76. The first-order valence-corrected chi connectivity index (χ1v) is 4.49. The van der Waals surface area contributed by atoms with Gasteiger partial charge in [-0.1, -0.05) is 0 Å². The van der Waals surface area contributed by atoms with E-state index >= 15 is 0 Å². The van der Waals surface area contributed by atoms with Gasteiger partial charge in [0.1, 0.15) is 5.75 Å². The average molecular weight is 191 g/mol. The molecule has 1 aromatic heterocycles. The largest absolute Gasteiger partial charge is 0.497 e. The van der Waals surface area contributed by atoms with Crippen LogP contribution in [0.2, 0.25) is 0 Å². The maximum absolute atomic E-state index is 9.09. The summed E-state index contributed by atoms with van der Waals surface area (Å²) in [6, 6.07) is 7.85. The first-order valence-electron chi connectivity index (χ1n) is 4.49. The van der Waals surface area contributed by atoms with Gasteiger partial charge in [0, 0.05) is 23.6 Å². The molecule has 0 spiro atoms. The highest BCUT2D eigenvalue weighted by Crippen LogP contribution is 2.23. The standard InChI is InChI=1S/C11H13NO2/c1-12-9(7-13)5-8-6-10(14-2)3-4-11(8)12/h3-6,13H,7H2,1-2H3. The lowest BCUT2D eigenvalue weighted by Crippen LogP contribution is -1.94. The van der Waals surface area contributed by atoms with Crippen LogP contribution in [0.5, 0.6) is 5.75 Å². The van der Waals surface area contributed by atoms with Crippen LogP contribution in [-0.4, -0.2) is 16.8 Å².